The Bertz CT molecular complexity index is 1160. The van der Waals surface area contributed by atoms with Gasteiger partial charge in [-0.1, -0.05) is 29.1 Å². The van der Waals surface area contributed by atoms with Crippen molar-refractivity contribution >= 4 is 11.8 Å². The molecule has 4 aromatic rings. The molecule has 0 atom stereocenters. The fraction of sp³-hybridized carbons (Fsp3) is 0.182. The SMILES string of the molecule is CCOc1ccc(-c2ccc(SCc3nc(-c4ccc(C(F)(F)F)cc4)no3)nn2)cc1. The van der Waals surface area contributed by atoms with Crippen LogP contribution in [0.2, 0.25) is 0 Å². The van der Waals surface area contributed by atoms with E-state index in [0.717, 1.165) is 29.1 Å². The summed E-state index contributed by atoms with van der Waals surface area (Å²) in [6, 6.07) is 15.9. The number of thioether (sulfide) groups is 1. The van der Waals surface area contributed by atoms with Gasteiger partial charge in [0.05, 0.1) is 23.6 Å². The number of halogens is 3. The van der Waals surface area contributed by atoms with Crippen LogP contribution in [0.3, 0.4) is 0 Å². The van der Waals surface area contributed by atoms with Gasteiger partial charge < -0.3 is 9.26 Å². The molecule has 0 saturated carbocycles. The second-order valence-corrected chi connectivity index (χ2v) is 7.59. The van der Waals surface area contributed by atoms with Crippen molar-refractivity contribution in [2.24, 2.45) is 0 Å². The van der Waals surface area contributed by atoms with Crippen LogP contribution in [-0.2, 0) is 11.9 Å². The molecular formula is C22H17F3N4O2S. The maximum absolute atomic E-state index is 12.7. The van der Waals surface area contributed by atoms with E-state index in [0.29, 0.717) is 28.8 Å². The predicted molar refractivity (Wildman–Crippen MR) is 113 cm³/mol. The van der Waals surface area contributed by atoms with Crippen molar-refractivity contribution in [2.45, 2.75) is 23.9 Å². The van der Waals surface area contributed by atoms with E-state index in [4.69, 9.17) is 9.26 Å². The van der Waals surface area contributed by atoms with Gasteiger partial charge in [-0.05, 0) is 55.5 Å². The molecule has 0 saturated heterocycles. The molecule has 0 amide bonds. The first kappa shape index (κ1) is 21.8. The van der Waals surface area contributed by atoms with Crippen molar-refractivity contribution in [1.82, 2.24) is 20.3 Å². The third-order valence-electron chi connectivity index (χ3n) is 4.38. The number of aromatic nitrogens is 4. The standard InChI is InChI=1S/C22H17F3N4O2S/c1-2-30-17-9-5-14(6-10-17)18-11-12-20(28-27-18)32-13-19-26-21(29-31-19)15-3-7-16(8-4-15)22(23,24)25/h3-12H,2,13H2,1H3. The molecule has 0 fully saturated rings. The Morgan fingerprint density at radius 1 is 0.906 bits per heavy atom. The first-order valence-electron chi connectivity index (χ1n) is 9.62. The normalized spacial score (nSPS) is 11.5. The number of hydrogen-bond donors (Lipinski definition) is 0. The zero-order valence-electron chi connectivity index (χ0n) is 16.8. The number of nitrogens with zero attached hydrogens (tertiary/aromatic N) is 4. The maximum Gasteiger partial charge on any atom is 0.416 e. The summed E-state index contributed by atoms with van der Waals surface area (Å²) >= 11 is 1.36. The molecule has 0 radical (unpaired) electrons. The minimum absolute atomic E-state index is 0.228. The van der Waals surface area contributed by atoms with E-state index in [1.807, 2.05) is 43.3 Å². The van der Waals surface area contributed by atoms with Gasteiger partial charge in [-0.15, -0.1) is 10.2 Å². The Hall–Kier alpha value is -3.40. The number of alkyl halides is 3. The van der Waals surface area contributed by atoms with Crippen LogP contribution in [-0.4, -0.2) is 26.9 Å². The van der Waals surface area contributed by atoms with Crippen molar-refractivity contribution in [1.29, 1.82) is 0 Å². The molecule has 0 aliphatic heterocycles. The first-order valence-corrected chi connectivity index (χ1v) is 10.6. The van der Waals surface area contributed by atoms with Gasteiger partial charge in [0, 0.05) is 11.1 Å². The van der Waals surface area contributed by atoms with E-state index in [1.54, 1.807) is 0 Å². The highest BCUT2D eigenvalue weighted by Gasteiger charge is 2.30. The average Bonchev–Trinajstić information content (AvgIpc) is 3.28. The predicted octanol–water partition coefficient (Wildman–Crippen LogP) is 5.90. The molecule has 0 N–H and O–H groups in total. The molecule has 0 aliphatic carbocycles. The third-order valence-corrected chi connectivity index (χ3v) is 5.29. The van der Waals surface area contributed by atoms with Gasteiger partial charge in [-0.25, -0.2) is 0 Å². The average molecular weight is 458 g/mol. The van der Waals surface area contributed by atoms with Crippen LogP contribution >= 0.6 is 11.8 Å². The van der Waals surface area contributed by atoms with Gasteiger partial charge in [0.1, 0.15) is 10.8 Å². The number of benzene rings is 2. The van der Waals surface area contributed by atoms with Crippen LogP contribution in [0.15, 0.2) is 70.2 Å². The summed E-state index contributed by atoms with van der Waals surface area (Å²) in [7, 11) is 0. The third kappa shape index (κ3) is 5.25. The fourth-order valence-electron chi connectivity index (χ4n) is 2.81. The Morgan fingerprint density at radius 3 is 2.25 bits per heavy atom. The highest BCUT2D eigenvalue weighted by atomic mass is 32.2. The number of ether oxygens (including phenoxy) is 1. The molecule has 164 valence electrons. The molecule has 4 rings (SSSR count). The summed E-state index contributed by atoms with van der Waals surface area (Å²) in [5.74, 6) is 1.71. The Balaban J connectivity index is 1.36. The molecule has 2 heterocycles. The summed E-state index contributed by atoms with van der Waals surface area (Å²) < 4.78 is 48.7. The van der Waals surface area contributed by atoms with Crippen LogP contribution in [0.5, 0.6) is 5.75 Å². The second-order valence-electron chi connectivity index (χ2n) is 6.59. The zero-order valence-corrected chi connectivity index (χ0v) is 17.7. The van der Waals surface area contributed by atoms with Crippen LogP contribution in [0.1, 0.15) is 18.4 Å². The van der Waals surface area contributed by atoms with E-state index < -0.39 is 11.7 Å². The van der Waals surface area contributed by atoms with Crippen molar-refractivity contribution in [3.8, 4) is 28.4 Å². The number of hydrogen-bond acceptors (Lipinski definition) is 7. The molecular weight excluding hydrogens is 441 g/mol. The van der Waals surface area contributed by atoms with E-state index in [-0.39, 0.29) is 5.82 Å². The molecule has 10 heteroatoms. The van der Waals surface area contributed by atoms with Gasteiger partial charge in [-0.2, -0.15) is 18.2 Å². The van der Waals surface area contributed by atoms with Crippen LogP contribution in [0.4, 0.5) is 13.2 Å². The molecule has 0 unspecified atom stereocenters. The zero-order chi connectivity index (χ0) is 22.6. The summed E-state index contributed by atoms with van der Waals surface area (Å²) in [4.78, 5) is 4.24. The van der Waals surface area contributed by atoms with Crippen LogP contribution < -0.4 is 4.74 Å². The van der Waals surface area contributed by atoms with Gasteiger partial charge in [0.15, 0.2) is 0 Å². The van der Waals surface area contributed by atoms with Gasteiger partial charge in [-0.3, -0.25) is 0 Å². The quantitative estimate of drug-likeness (QED) is 0.319. The topological polar surface area (TPSA) is 73.9 Å². The summed E-state index contributed by atoms with van der Waals surface area (Å²) in [5.41, 5.74) is 1.38. The minimum atomic E-state index is -4.39. The van der Waals surface area contributed by atoms with E-state index in [9.17, 15) is 13.2 Å². The van der Waals surface area contributed by atoms with E-state index in [1.165, 1.54) is 23.9 Å². The van der Waals surface area contributed by atoms with Crippen molar-refractivity contribution < 1.29 is 22.4 Å². The van der Waals surface area contributed by atoms with Crippen LogP contribution in [0.25, 0.3) is 22.6 Å². The lowest BCUT2D eigenvalue weighted by Gasteiger charge is -2.05. The maximum atomic E-state index is 12.7. The monoisotopic (exact) mass is 458 g/mol. The van der Waals surface area contributed by atoms with E-state index in [2.05, 4.69) is 20.3 Å². The summed E-state index contributed by atoms with van der Waals surface area (Å²) in [6.07, 6.45) is -4.39. The molecule has 0 spiro atoms. The lowest BCUT2D eigenvalue weighted by molar-refractivity contribution is -0.137. The highest BCUT2D eigenvalue weighted by molar-refractivity contribution is 7.98. The van der Waals surface area contributed by atoms with Crippen molar-refractivity contribution in [3.63, 3.8) is 0 Å². The lowest BCUT2D eigenvalue weighted by atomic mass is 10.1. The van der Waals surface area contributed by atoms with E-state index >= 15 is 0 Å². The Labute approximate surface area is 185 Å². The largest absolute Gasteiger partial charge is 0.494 e. The second kappa shape index (κ2) is 9.39. The summed E-state index contributed by atoms with van der Waals surface area (Å²) in [5, 5.41) is 13.0. The molecule has 6 nitrogen and oxygen atoms in total. The van der Waals surface area contributed by atoms with Crippen molar-refractivity contribution in [3.05, 3.63) is 72.1 Å². The van der Waals surface area contributed by atoms with Crippen LogP contribution in [0, 0.1) is 0 Å². The van der Waals surface area contributed by atoms with Gasteiger partial charge in [0.25, 0.3) is 0 Å². The Morgan fingerprint density at radius 2 is 1.62 bits per heavy atom. The molecule has 2 aromatic carbocycles. The van der Waals surface area contributed by atoms with Crippen molar-refractivity contribution in [2.75, 3.05) is 6.61 Å². The molecule has 0 aliphatic rings. The highest BCUT2D eigenvalue weighted by Crippen LogP contribution is 2.31. The summed E-state index contributed by atoms with van der Waals surface area (Å²) in [6.45, 7) is 2.54. The smallest absolute Gasteiger partial charge is 0.416 e. The molecule has 0 bridgehead atoms. The molecule has 32 heavy (non-hydrogen) atoms. The fourth-order valence-corrected chi connectivity index (χ4v) is 3.47. The molecule has 2 aromatic heterocycles. The van der Waals surface area contributed by atoms with Gasteiger partial charge >= 0.3 is 6.18 Å². The van der Waals surface area contributed by atoms with Gasteiger partial charge in [0.2, 0.25) is 11.7 Å². The number of rotatable bonds is 7. The minimum Gasteiger partial charge on any atom is -0.494 e. The first-order chi connectivity index (χ1) is 15.4. The Kier molecular flexibility index (Phi) is 6.40. The lowest BCUT2D eigenvalue weighted by Crippen LogP contribution is -2.04.